The van der Waals surface area contributed by atoms with E-state index in [0.717, 1.165) is 6.54 Å². The molecular weight excluding hydrogens is 182 g/mol. The molecule has 0 spiro atoms. The molecule has 14 heavy (non-hydrogen) atoms. The van der Waals surface area contributed by atoms with Gasteiger partial charge in [0.05, 0.1) is 0 Å². The van der Waals surface area contributed by atoms with E-state index in [2.05, 4.69) is 20.6 Å². The normalized spacial score (nSPS) is 10.1. The summed E-state index contributed by atoms with van der Waals surface area (Å²) in [5.41, 5.74) is 16.9. The lowest BCUT2D eigenvalue weighted by molar-refractivity contribution is 0.821. The van der Waals surface area contributed by atoms with Crippen LogP contribution in [-0.2, 0) is 0 Å². The van der Waals surface area contributed by atoms with Gasteiger partial charge in [0.2, 0.25) is 5.95 Å². The number of anilines is 4. The summed E-state index contributed by atoms with van der Waals surface area (Å²) >= 11 is 0. The third-order valence-electron chi connectivity index (χ3n) is 1.66. The van der Waals surface area contributed by atoms with Crippen LogP contribution in [-0.4, -0.2) is 30.1 Å². The molecule has 7 nitrogen and oxygen atoms in total. The van der Waals surface area contributed by atoms with E-state index in [4.69, 9.17) is 17.2 Å². The third-order valence-corrected chi connectivity index (χ3v) is 1.66. The first-order valence-corrected chi connectivity index (χ1v) is 4.22. The monoisotopic (exact) mass is 197 g/mol. The summed E-state index contributed by atoms with van der Waals surface area (Å²) < 4.78 is 0. The highest BCUT2D eigenvalue weighted by Crippen LogP contribution is 2.21. The highest BCUT2D eigenvalue weighted by atomic mass is 15.1. The van der Waals surface area contributed by atoms with Crippen molar-refractivity contribution in [3.63, 3.8) is 0 Å². The van der Waals surface area contributed by atoms with Crippen molar-refractivity contribution in [2.45, 2.75) is 0 Å². The van der Waals surface area contributed by atoms with Gasteiger partial charge in [-0.25, -0.2) is 0 Å². The number of nitrogens with zero attached hydrogens (tertiary/aromatic N) is 2. The molecule has 1 rings (SSSR count). The number of hydrogen-bond donors (Lipinski definition) is 5. The first kappa shape index (κ1) is 10.3. The maximum Gasteiger partial charge on any atom is 0.224 e. The molecule has 0 saturated heterocycles. The summed E-state index contributed by atoms with van der Waals surface area (Å²) in [6, 6.07) is 0. The summed E-state index contributed by atoms with van der Waals surface area (Å²) in [7, 11) is 1.85. The molecule has 78 valence electrons. The van der Waals surface area contributed by atoms with E-state index >= 15 is 0 Å². The summed E-state index contributed by atoms with van der Waals surface area (Å²) in [5, 5.41) is 5.97. The number of likely N-dealkylation sites (N-methyl/N-ethyl adjacent to an activating group) is 1. The van der Waals surface area contributed by atoms with Crippen molar-refractivity contribution in [3.8, 4) is 0 Å². The second-order valence-electron chi connectivity index (χ2n) is 2.76. The Kier molecular flexibility index (Phi) is 3.29. The highest BCUT2D eigenvalue weighted by molar-refractivity contribution is 5.73. The number of aromatic nitrogens is 2. The maximum absolute atomic E-state index is 5.65. The van der Waals surface area contributed by atoms with Crippen LogP contribution in [0.2, 0.25) is 0 Å². The zero-order valence-corrected chi connectivity index (χ0v) is 8.04. The van der Waals surface area contributed by atoms with Gasteiger partial charge in [0, 0.05) is 13.1 Å². The Hall–Kier alpha value is -1.76. The molecule has 0 radical (unpaired) electrons. The van der Waals surface area contributed by atoms with Crippen LogP contribution in [0, 0.1) is 0 Å². The van der Waals surface area contributed by atoms with Crippen molar-refractivity contribution >= 4 is 23.3 Å². The molecule has 0 atom stereocenters. The molecule has 8 N–H and O–H groups in total. The van der Waals surface area contributed by atoms with Crippen LogP contribution >= 0.6 is 0 Å². The number of nitrogens with one attached hydrogen (secondary N) is 2. The smallest absolute Gasteiger partial charge is 0.224 e. The second-order valence-corrected chi connectivity index (χ2v) is 2.76. The van der Waals surface area contributed by atoms with Gasteiger partial charge in [-0.15, -0.1) is 0 Å². The Morgan fingerprint density at radius 1 is 1.14 bits per heavy atom. The van der Waals surface area contributed by atoms with Crippen LogP contribution in [0.15, 0.2) is 0 Å². The van der Waals surface area contributed by atoms with Gasteiger partial charge >= 0.3 is 0 Å². The largest absolute Gasteiger partial charge is 0.393 e. The van der Waals surface area contributed by atoms with Crippen LogP contribution in [0.25, 0.3) is 0 Å². The first-order chi connectivity index (χ1) is 6.65. The Balaban J connectivity index is 2.75. The minimum absolute atomic E-state index is 0.114. The van der Waals surface area contributed by atoms with Gasteiger partial charge in [0.1, 0.15) is 5.69 Å². The van der Waals surface area contributed by atoms with Crippen LogP contribution in [0.3, 0.4) is 0 Å². The molecule has 0 aromatic carbocycles. The molecule has 1 heterocycles. The lowest BCUT2D eigenvalue weighted by atomic mass is 10.4. The number of rotatable bonds is 4. The molecule has 0 saturated carbocycles. The van der Waals surface area contributed by atoms with Gasteiger partial charge in [0.25, 0.3) is 0 Å². The molecule has 1 aromatic heterocycles. The van der Waals surface area contributed by atoms with Gasteiger partial charge in [-0.05, 0) is 7.05 Å². The van der Waals surface area contributed by atoms with Crippen molar-refractivity contribution in [1.82, 2.24) is 15.3 Å². The molecule has 0 aliphatic heterocycles. The van der Waals surface area contributed by atoms with Crippen molar-refractivity contribution < 1.29 is 0 Å². The van der Waals surface area contributed by atoms with Gasteiger partial charge in [-0.2, -0.15) is 9.97 Å². The molecule has 0 aliphatic carbocycles. The lowest BCUT2D eigenvalue weighted by Crippen LogP contribution is -2.19. The summed E-state index contributed by atoms with van der Waals surface area (Å²) in [4.78, 5) is 7.65. The van der Waals surface area contributed by atoms with Crippen molar-refractivity contribution in [3.05, 3.63) is 0 Å². The van der Waals surface area contributed by atoms with E-state index in [9.17, 15) is 0 Å². The van der Waals surface area contributed by atoms with Gasteiger partial charge in [-0.3, -0.25) is 0 Å². The summed E-state index contributed by atoms with van der Waals surface area (Å²) in [6.45, 7) is 1.49. The average Bonchev–Trinajstić information content (AvgIpc) is 2.13. The van der Waals surface area contributed by atoms with E-state index in [1.807, 2.05) is 7.05 Å². The van der Waals surface area contributed by atoms with E-state index in [0.29, 0.717) is 18.1 Å². The SMILES string of the molecule is CNCCNc1nc(N)nc(N)c1N. The maximum atomic E-state index is 5.65. The minimum Gasteiger partial charge on any atom is -0.393 e. The van der Waals surface area contributed by atoms with Crippen LogP contribution in [0.5, 0.6) is 0 Å². The molecule has 0 fully saturated rings. The Labute approximate surface area is 82.1 Å². The summed E-state index contributed by atoms with van der Waals surface area (Å²) in [5.74, 6) is 0.790. The Morgan fingerprint density at radius 3 is 2.50 bits per heavy atom. The predicted octanol–water partition coefficient (Wildman–Crippen LogP) is -1.15. The molecule has 0 aliphatic rings. The standard InChI is InChI=1S/C7H15N7/c1-11-2-3-12-6-4(8)5(9)13-7(10)14-6/h11H,2-3,8H2,1H3,(H5,9,10,12,13,14). The molecule has 1 aromatic rings. The fourth-order valence-corrected chi connectivity index (χ4v) is 0.945. The number of nitrogen functional groups attached to an aromatic ring is 3. The first-order valence-electron chi connectivity index (χ1n) is 4.22. The molecule has 0 bridgehead atoms. The second kappa shape index (κ2) is 4.47. The van der Waals surface area contributed by atoms with Crippen molar-refractivity contribution in [2.24, 2.45) is 0 Å². The topological polar surface area (TPSA) is 128 Å². The van der Waals surface area contributed by atoms with Gasteiger partial charge in [0.15, 0.2) is 11.6 Å². The van der Waals surface area contributed by atoms with E-state index in [-0.39, 0.29) is 11.8 Å². The van der Waals surface area contributed by atoms with Crippen molar-refractivity contribution in [2.75, 3.05) is 42.7 Å². The molecule has 7 heteroatoms. The average molecular weight is 197 g/mol. The zero-order chi connectivity index (χ0) is 10.6. The van der Waals surface area contributed by atoms with Gasteiger partial charge in [-0.1, -0.05) is 0 Å². The highest BCUT2D eigenvalue weighted by Gasteiger charge is 2.06. The molecular formula is C7H15N7. The molecule has 0 amide bonds. The number of hydrogen-bond acceptors (Lipinski definition) is 7. The minimum atomic E-state index is 0.114. The fraction of sp³-hybridized carbons (Fsp3) is 0.429. The fourth-order valence-electron chi connectivity index (χ4n) is 0.945. The van der Waals surface area contributed by atoms with E-state index in [1.165, 1.54) is 0 Å². The summed E-state index contributed by atoms with van der Waals surface area (Å²) in [6.07, 6.45) is 0. The molecule has 0 unspecified atom stereocenters. The Morgan fingerprint density at radius 2 is 1.86 bits per heavy atom. The predicted molar refractivity (Wildman–Crippen MR) is 57.7 cm³/mol. The van der Waals surface area contributed by atoms with Crippen LogP contribution in [0.4, 0.5) is 23.3 Å². The quantitative estimate of drug-likeness (QED) is 0.386. The van der Waals surface area contributed by atoms with E-state index in [1.54, 1.807) is 0 Å². The van der Waals surface area contributed by atoms with Crippen molar-refractivity contribution in [1.29, 1.82) is 0 Å². The van der Waals surface area contributed by atoms with Gasteiger partial charge < -0.3 is 27.8 Å². The third kappa shape index (κ3) is 2.36. The lowest BCUT2D eigenvalue weighted by Gasteiger charge is -2.09. The van der Waals surface area contributed by atoms with Crippen LogP contribution in [0.1, 0.15) is 0 Å². The number of nitrogens with two attached hydrogens (primary N) is 3. The Bertz CT molecular complexity index is 311. The zero-order valence-electron chi connectivity index (χ0n) is 8.04. The van der Waals surface area contributed by atoms with Crippen LogP contribution < -0.4 is 27.8 Å². The van der Waals surface area contributed by atoms with E-state index < -0.39 is 0 Å².